The summed E-state index contributed by atoms with van der Waals surface area (Å²) in [6.45, 7) is 51.6. The lowest BCUT2D eigenvalue weighted by Crippen LogP contribution is -2.58. The molecule has 3 rings (SSSR count). The molecule has 766 valence electrons. The van der Waals surface area contributed by atoms with Crippen molar-refractivity contribution in [2.75, 3.05) is 294 Å². The second-order valence-electron chi connectivity index (χ2n) is 36.9. The Labute approximate surface area is 784 Å². The van der Waals surface area contributed by atoms with Crippen LogP contribution in [0.15, 0.2) is 6.20 Å². The Bertz CT molecular complexity index is 2660. The minimum atomic E-state index is -1.34. The second kappa shape index (κ2) is 87.1. The largest absolute Gasteiger partial charge is 0.388 e. The molecule has 1 aromatic rings. The third-order valence-electron chi connectivity index (χ3n) is 21.9. The molecule has 2 aliphatic heterocycles. The number of hydrogen-bond donors (Lipinski definition) is 7. The Kier molecular flexibility index (Phi) is 86.0. The molecular weight excluding hydrogens is 1660 g/mol. The lowest BCUT2D eigenvalue weighted by molar-refractivity contribution is -0.292. The zero-order valence-corrected chi connectivity index (χ0v) is 85.9. The van der Waals surface area contributed by atoms with E-state index in [4.69, 9.17) is 61.6 Å². The first kappa shape index (κ1) is 127. The van der Waals surface area contributed by atoms with Crippen LogP contribution in [0.25, 0.3) is 0 Å². The van der Waals surface area contributed by atoms with Gasteiger partial charge >= 0.3 is 0 Å². The molecular formula is C96H197N13O20. The topological polar surface area (TPSA) is 347 Å². The van der Waals surface area contributed by atoms with Gasteiger partial charge < -0.3 is 128 Å². The maximum atomic E-state index is 12.7. The zero-order chi connectivity index (χ0) is 96.6. The van der Waals surface area contributed by atoms with Gasteiger partial charge in [0.25, 0.3) is 0 Å². The molecule has 3 amide bonds. The van der Waals surface area contributed by atoms with Crippen LogP contribution in [0.3, 0.4) is 0 Å². The van der Waals surface area contributed by atoms with Gasteiger partial charge in [0.1, 0.15) is 31.0 Å². The highest BCUT2D eigenvalue weighted by molar-refractivity contribution is 5.89. The first-order chi connectivity index (χ1) is 61.8. The molecule has 7 N–H and O–H groups in total. The number of likely N-dealkylation sites (tertiary alicyclic amines) is 1. The van der Waals surface area contributed by atoms with Crippen molar-refractivity contribution in [1.29, 1.82) is 0 Å². The molecule has 0 aliphatic carbocycles. The van der Waals surface area contributed by atoms with Crippen LogP contribution in [0.5, 0.6) is 0 Å². The summed E-state index contributed by atoms with van der Waals surface area (Å²) in [6.07, 6.45) is 14.1. The first-order valence-corrected chi connectivity index (χ1v) is 49.3. The number of nitrogens with one attached hydrogen (secondary N) is 4. The predicted molar refractivity (Wildman–Crippen MR) is 516 cm³/mol. The van der Waals surface area contributed by atoms with Gasteiger partial charge in [-0.15, -0.1) is 5.10 Å². The molecule has 0 aromatic carbocycles. The van der Waals surface area contributed by atoms with Crippen molar-refractivity contribution in [2.24, 2.45) is 41.4 Å². The van der Waals surface area contributed by atoms with Gasteiger partial charge in [-0.1, -0.05) is 108 Å². The van der Waals surface area contributed by atoms with Gasteiger partial charge in [-0.25, -0.2) is 4.68 Å². The third kappa shape index (κ3) is 77.1. The Morgan fingerprint density at radius 2 is 0.953 bits per heavy atom. The summed E-state index contributed by atoms with van der Waals surface area (Å²) in [7, 11) is 20.1. The Hall–Kier alpha value is -3.70. The monoisotopic (exact) mass is 1850 g/mol. The van der Waals surface area contributed by atoms with E-state index in [1.54, 1.807) is 18.7 Å². The highest BCUT2D eigenvalue weighted by Crippen LogP contribution is 2.24. The number of aromatic nitrogens is 3. The summed E-state index contributed by atoms with van der Waals surface area (Å²) in [6, 6.07) is 0.520. The molecule has 0 bridgehead atoms. The summed E-state index contributed by atoms with van der Waals surface area (Å²) in [4.78, 5) is 63.1. The standard InChI is InChI=1S/C42H83N3O14.C18H34N4O5.C16H34N2O.C10H22N2.C10H24N2/c1-6-7-14-49-15-16-50-17-18-51-19-20-52-21-22-53-23-24-54-25-26-55-27-28-56-29-30-57-31-32-58-33-34-59-36-41(47)44-12-9-8-10-39(43-5)40(46)35-38(4)42(48)45-13-11-37(2)3;1-12(2)7-9-21(3)8-5-6-13-10-22(20-19-13)11-14-15(23)16(24)17(25)18(26-4)27-14;1-7-15(10-8-9-12-17(4)5)16(19)18(6)13-11-14(2)3;1-9(2)5-6-12(4)10-7-11(3)8-10;1-10(2)6-9-12(4)8-5-7-11-3/h37-39,43H,6-36H2,1-5H3,(H,44,47)(H,45,48);10,12,14-18,23-25H,5-9,11H2,1-4H3;14-15H,7-13H2,1-6H3;9-10H,5-8H2,1-4H3;10-11H,5-9H2,1-4H3. The molecule has 1 aromatic heterocycles. The molecule has 33 nitrogen and oxygen atoms in total. The van der Waals surface area contributed by atoms with Crippen LogP contribution in [0, 0.1) is 41.4 Å². The van der Waals surface area contributed by atoms with E-state index >= 15 is 0 Å². The van der Waals surface area contributed by atoms with Crippen LogP contribution in [-0.4, -0.2) is 420 Å². The molecule has 8 unspecified atom stereocenters. The number of carbonyl (C=O) groups is 4. The SMILES string of the molecule is CC(C)CCN(C)C1CN(C)C1.CCC(CCCCN(C)C)C(=O)N(C)CCC(C)C.CCCCOCCOCCOCCOCCOCCOCCOCCOCCOCCOCCOCC(=O)NCCCCC(NC)C(=O)CC(C)C(=O)NCCC(C)C.CNCCCN(C)CCC(C)C.COC1OC(Cn2cc(CCCN(C)CCC(C)C)nn2)C(O)C(O)C1O. The van der Waals surface area contributed by atoms with Crippen LogP contribution < -0.4 is 21.3 Å². The minimum Gasteiger partial charge on any atom is -0.388 e. The quantitative estimate of drug-likeness (QED) is 0.0301. The Balaban J connectivity index is 0. The van der Waals surface area contributed by atoms with E-state index in [1.807, 2.05) is 25.2 Å². The summed E-state index contributed by atoms with van der Waals surface area (Å²) < 4.78 is 72.2. The number of methoxy groups -OCH3 is 1. The van der Waals surface area contributed by atoms with Gasteiger partial charge in [-0.05, 0) is 228 Å². The number of ether oxygens (including phenoxy) is 13. The summed E-state index contributed by atoms with van der Waals surface area (Å²) in [5.41, 5.74) is 0.876. The fraction of sp³-hybridized carbons (Fsp3) is 0.938. The number of likely N-dealkylation sites (N-methyl/N-ethyl adjacent to an activating group) is 3. The van der Waals surface area contributed by atoms with Crippen LogP contribution in [0.2, 0.25) is 0 Å². The van der Waals surface area contributed by atoms with E-state index in [-0.39, 0.29) is 55.0 Å². The number of hydrogen-bond acceptors (Lipinski definition) is 29. The third-order valence-corrected chi connectivity index (χ3v) is 21.9. The number of aryl methyl sites for hydroxylation is 1. The van der Waals surface area contributed by atoms with Gasteiger partial charge in [0.05, 0.1) is 150 Å². The molecule has 0 spiro atoms. The zero-order valence-electron chi connectivity index (χ0n) is 85.9. The van der Waals surface area contributed by atoms with Gasteiger partial charge in [0.2, 0.25) is 17.7 Å². The van der Waals surface area contributed by atoms with Crippen molar-refractivity contribution in [3.05, 3.63) is 11.9 Å². The number of carbonyl (C=O) groups excluding carboxylic acids is 4. The lowest BCUT2D eigenvalue weighted by atomic mass is 9.96. The second-order valence-corrected chi connectivity index (χ2v) is 36.9. The highest BCUT2D eigenvalue weighted by atomic mass is 16.7. The van der Waals surface area contributed by atoms with Gasteiger partial charge in [-0.2, -0.15) is 0 Å². The van der Waals surface area contributed by atoms with E-state index in [2.05, 4.69) is 181 Å². The molecule has 2 saturated heterocycles. The van der Waals surface area contributed by atoms with Crippen molar-refractivity contribution >= 4 is 23.5 Å². The average molecular weight is 1850 g/mol. The predicted octanol–water partition coefficient (Wildman–Crippen LogP) is 8.34. The molecule has 2 aliphatic rings. The number of amides is 3. The number of nitrogens with zero attached hydrogens (tertiary/aromatic N) is 9. The van der Waals surface area contributed by atoms with Crippen LogP contribution in [-0.2, 0) is 93.7 Å². The molecule has 0 saturated carbocycles. The molecule has 8 atom stereocenters. The molecule has 3 heterocycles. The number of unbranched alkanes of at least 4 members (excludes halogenated alkanes) is 3. The van der Waals surface area contributed by atoms with Crippen LogP contribution in [0.4, 0.5) is 0 Å². The number of ketones is 1. The number of Topliss-reactive ketones (excluding diaryl/α,β-unsaturated/α-hetero) is 1. The van der Waals surface area contributed by atoms with E-state index in [1.165, 1.54) is 71.9 Å². The van der Waals surface area contributed by atoms with Crippen molar-refractivity contribution < 1.29 is 96.1 Å². The Morgan fingerprint density at radius 3 is 1.40 bits per heavy atom. The van der Waals surface area contributed by atoms with Crippen molar-refractivity contribution in [1.82, 2.24) is 65.7 Å². The maximum Gasteiger partial charge on any atom is 0.245 e. The fourth-order valence-electron chi connectivity index (χ4n) is 13.0. The lowest BCUT2D eigenvalue weighted by Gasteiger charge is -2.42. The highest BCUT2D eigenvalue weighted by Gasteiger charge is 2.44. The van der Waals surface area contributed by atoms with Gasteiger partial charge in [0, 0.05) is 84.0 Å². The minimum absolute atomic E-state index is 0.0308. The fourth-order valence-corrected chi connectivity index (χ4v) is 13.0. The van der Waals surface area contributed by atoms with Crippen LogP contribution in [0.1, 0.15) is 205 Å². The number of rotatable bonds is 79. The smallest absolute Gasteiger partial charge is 0.245 e. The molecule has 33 heteroatoms. The van der Waals surface area contributed by atoms with Crippen molar-refractivity contribution in [2.45, 2.75) is 255 Å². The van der Waals surface area contributed by atoms with Crippen molar-refractivity contribution in [3.63, 3.8) is 0 Å². The summed E-state index contributed by atoms with van der Waals surface area (Å²) >= 11 is 0. The Morgan fingerprint density at radius 1 is 0.496 bits per heavy atom. The summed E-state index contributed by atoms with van der Waals surface area (Å²) in [5, 5.41) is 50.1. The van der Waals surface area contributed by atoms with Gasteiger partial charge in [-0.3, -0.25) is 19.2 Å². The molecule has 129 heavy (non-hydrogen) atoms. The number of aliphatic hydroxyl groups excluding tert-OH is 3. The number of aliphatic hydroxyl groups is 3. The van der Waals surface area contributed by atoms with E-state index in [0.717, 1.165) is 134 Å². The van der Waals surface area contributed by atoms with Gasteiger partial charge in [0.15, 0.2) is 12.1 Å². The molecule has 0 radical (unpaired) electrons. The maximum absolute atomic E-state index is 12.7. The van der Waals surface area contributed by atoms with E-state index < -0.39 is 30.7 Å². The van der Waals surface area contributed by atoms with Crippen molar-refractivity contribution in [3.8, 4) is 0 Å². The van der Waals surface area contributed by atoms with E-state index in [9.17, 15) is 34.5 Å². The van der Waals surface area contributed by atoms with Crippen LogP contribution >= 0.6 is 0 Å². The average Bonchev–Trinajstić information content (AvgIpc) is 1.71. The normalized spacial score (nSPS) is 16.7. The first-order valence-electron chi connectivity index (χ1n) is 49.3. The van der Waals surface area contributed by atoms with E-state index in [0.29, 0.717) is 175 Å². The molecule has 2 fully saturated rings. The summed E-state index contributed by atoms with van der Waals surface area (Å²) in [5.74, 6) is 3.51.